The van der Waals surface area contributed by atoms with Gasteiger partial charge in [0.15, 0.2) is 0 Å². The normalized spacial score (nSPS) is 20.1. The summed E-state index contributed by atoms with van der Waals surface area (Å²) in [6.07, 6.45) is 2.90. The van der Waals surface area contributed by atoms with Gasteiger partial charge in [-0.05, 0) is 0 Å². The first kappa shape index (κ1) is 14.2. The van der Waals surface area contributed by atoms with Gasteiger partial charge in [-0.3, -0.25) is 0 Å². The van der Waals surface area contributed by atoms with Gasteiger partial charge in [-0.2, -0.15) is 0 Å². The standard InChI is InChI=1S/C6H10O4S.C4H9.Sn/c7-5(8)1-3-11-4-2-6(9)10;1-3-4-2;/h1-4H2,(H,7,8)(H,9,10);1,3-4H2,2H3;/q;;+2/p-2. The summed E-state index contributed by atoms with van der Waals surface area (Å²) in [5, 5.41) is 0. The number of carbonyl (C=O) groups is 2. The molecule has 0 aromatic rings. The summed E-state index contributed by atoms with van der Waals surface area (Å²) >= 11 is -1.08. The van der Waals surface area contributed by atoms with Crippen LogP contribution in [0, 0.1) is 0 Å². The summed E-state index contributed by atoms with van der Waals surface area (Å²) in [5.74, 6) is 1.12. The van der Waals surface area contributed by atoms with Crippen LogP contribution in [0.15, 0.2) is 0 Å². The third-order valence-electron chi connectivity index (χ3n) is 2.09. The van der Waals surface area contributed by atoms with Gasteiger partial charge >= 0.3 is 109 Å². The van der Waals surface area contributed by atoms with Gasteiger partial charge in [0.2, 0.25) is 0 Å². The minimum absolute atomic E-state index is 0.187. The van der Waals surface area contributed by atoms with E-state index in [1.165, 1.54) is 0 Å². The average Bonchev–Trinajstić information content (AvgIpc) is 2.25. The zero-order valence-corrected chi connectivity index (χ0v) is 13.2. The Balaban J connectivity index is 2.47. The molecule has 0 aromatic carbocycles. The Hall–Kier alpha value is 0.0887. The Morgan fingerprint density at radius 3 is 2.25 bits per heavy atom. The first-order valence-corrected chi connectivity index (χ1v) is 11.1. The molecule has 0 saturated carbocycles. The van der Waals surface area contributed by atoms with E-state index in [0.717, 1.165) is 28.8 Å². The quantitative estimate of drug-likeness (QED) is 0.727. The summed E-state index contributed by atoms with van der Waals surface area (Å²) in [7, 11) is 0. The van der Waals surface area contributed by atoms with Gasteiger partial charge in [0.05, 0.1) is 0 Å². The van der Waals surface area contributed by atoms with Gasteiger partial charge in [0.25, 0.3) is 0 Å². The van der Waals surface area contributed by atoms with Gasteiger partial charge in [-0.25, -0.2) is 0 Å². The monoisotopic (exact) mass is 353 g/mol. The van der Waals surface area contributed by atoms with Crippen molar-refractivity contribution in [2.45, 2.75) is 37.0 Å². The third kappa shape index (κ3) is 5.98. The molecule has 1 aliphatic heterocycles. The van der Waals surface area contributed by atoms with Crippen LogP contribution in [0.4, 0.5) is 0 Å². The second-order valence-corrected chi connectivity index (χ2v) is 9.48. The minimum atomic E-state index is -2.68. The predicted octanol–water partition coefficient (Wildman–Crippen LogP) is 1.89. The van der Waals surface area contributed by atoms with Gasteiger partial charge in [-0.1, -0.05) is 0 Å². The van der Waals surface area contributed by atoms with E-state index in [9.17, 15) is 9.59 Å². The molecular weight excluding hydrogens is 335 g/mol. The molecule has 0 N–H and O–H groups in total. The van der Waals surface area contributed by atoms with E-state index < -0.39 is 20.6 Å². The summed E-state index contributed by atoms with van der Waals surface area (Å²) in [5.41, 5.74) is 0. The fourth-order valence-corrected chi connectivity index (χ4v) is 6.61. The molecule has 0 aliphatic carbocycles. The van der Waals surface area contributed by atoms with Gasteiger partial charge in [0.1, 0.15) is 0 Å². The van der Waals surface area contributed by atoms with Crippen molar-refractivity contribution >= 4 is 44.3 Å². The van der Waals surface area contributed by atoms with Crippen LogP contribution >= 0.6 is 11.8 Å². The summed E-state index contributed by atoms with van der Waals surface area (Å²) in [6.45, 7) is 2.07. The van der Waals surface area contributed by atoms with E-state index >= 15 is 0 Å². The van der Waals surface area contributed by atoms with Crippen LogP contribution in [-0.2, 0) is 15.7 Å². The van der Waals surface area contributed by atoms with Crippen LogP contribution in [0.2, 0.25) is 4.44 Å². The van der Waals surface area contributed by atoms with Crippen molar-refractivity contribution in [1.82, 2.24) is 0 Å². The van der Waals surface area contributed by atoms with Crippen LogP contribution in [-0.4, -0.2) is 44.0 Å². The van der Waals surface area contributed by atoms with Gasteiger partial charge in [-0.15, -0.1) is 0 Å². The molecule has 0 spiro atoms. The van der Waals surface area contributed by atoms with Crippen LogP contribution in [0.5, 0.6) is 0 Å². The molecule has 1 saturated heterocycles. The zero-order valence-electron chi connectivity index (χ0n) is 9.49. The summed E-state index contributed by atoms with van der Waals surface area (Å²) in [6, 6.07) is 0. The summed E-state index contributed by atoms with van der Waals surface area (Å²) in [4.78, 5) is 22.8. The molecule has 91 valence electrons. The van der Waals surface area contributed by atoms with Crippen molar-refractivity contribution in [1.29, 1.82) is 0 Å². The number of carbonyl (C=O) groups excluding carboxylic acids is 2. The molecule has 16 heavy (non-hydrogen) atoms. The van der Waals surface area contributed by atoms with E-state index in [1.54, 1.807) is 11.8 Å². The van der Waals surface area contributed by atoms with Crippen LogP contribution in [0.25, 0.3) is 0 Å². The molecule has 0 amide bonds. The first-order chi connectivity index (χ1) is 7.72. The van der Waals surface area contributed by atoms with Crippen molar-refractivity contribution in [3.63, 3.8) is 0 Å². The molecule has 1 aliphatic rings. The van der Waals surface area contributed by atoms with Crippen molar-refractivity contribution in [3.8, 4) is 0 Å². The number of hydrogen-bond acceptors (Lipinski definition) is 5. The predicted molar refractivity (Wildman–Crippen MR) is 64.2 cm³/mol. The molecule has 0 bridgehead atoms. The second-order valence-electron chi connectivity index (χ2n) is 3.54. The Morgan fingerprint density at radius 1 is 1.19 bits per heavy atom. The molecule has 1 heterocycles. The zero-order chi connectivity index (χ0) is 11.8. The molecule has 1 rings (SSSR count). The van der Waals surface area contributed by atoms with E-state index in [4.69, 9.17) is 6.15 Å². The maximum absolute atomic E-state index is 11.4. The Labute approximate surface area is 108 Å². The van der Waals surface area contributed by atoms with Crippen molar-refractivity contribution < 1.29 is 15.7 Å². The first-order valence-electron chi connectivity index (χ1n) is 5.57. The third-order valence-corrected chi connectivity index (χ3v) is 7.85. The van der Waals surface area contributed by atoms with Crippen molar-refractivity contribution in [2.24, 2.45) is 0 Å². The fourth-order valence-electron chi connectivity index (χ4n) is 1.21. The molecule has 1 fully saturated rings. The number of unbranched alkanes of at least 4 members (excludes halogenated alkanes) is 1. The molecule has 1 radical (unpaired) electrons. The molecule has 0 aromatic heterocycles. The Morgan fingerprint density at radius 2 is 1.75 bits per heavy atom. The molecule has 0 atom stereocenters. The SMILES string of the molecule is CCC[CH2][Sn]1[O]C(=O)CCSCCC(=O)[O]1. The molecule has 4 nitrogen and oxygen atoms in total. The number of hydrogen-bond donors (Lipinski definition) is 0. The Kier molecular flexibility index (Phi) is 7.27. The number of thioether (sulfide) groups is 1. The fraction of sp³-hybridized carbons (Fsp3) is 0.800. The van der Waals surface area contributed by atoms with Crippen molar-refractivity contribution in [3.05, 3.63) is 0 Å². The van der Waals surface area contributed by atoms with E-state index in [0.29, 0.717) is 12.8 Å². The average molecular weight is 352 g/mol. The van der Waals surface area contributed by atoms with Gasteiger partial charge < -0.3 is 0 Å². The van der Waals surface area contributed by atoms with Crippen LogP contribution in [0.1, 0.15) is 32.6 Å². The van der Waals surface area contributed by atoms with Crippen LogP contribution < -0.4 is 0 Å². The van der Waals surface area contributed by atoms with E-state index in [-0.39, 0.29) is 11.9 Å². The van der Waals surface area contributed by atoms with Crippen molar-refractivity contribution in [2.75, 3.05) is 11.5 Å². The second kappa shape index (κ2) is 8.22. The van der Waals surface area contributed by atoms with Gasteiger partial charge in [0, 0.05) is 0 Å². The number of rotatable bonds is 3. The van der Waals surface area contributed by atoms with E-state index in [1.807, 2.05) is 0 Å². The molecule has 0 unspecified atom stereocenters. The van der Waals surface area contributed by atoms with Crippen LogP contribution in [0.3, 0.4) is 0 Å². The molecule has 6 heteroatoms. The topological polar surface area (TPSA) is 52.6 Å². The van der Waals surface area contributed by atoms with E-state index in [2.05, 4.69) is 6.92 Å². The Bertz CT molecular complexity index is 227. The maximum atomic E-state index is 11.4. The summed E-state index contributed by atoms with van der Waals surface area (Å²) < 4.78 is 11.4. The molecular formula is C10H17O4SSn.